The summed E-state index contributed by atoms with van der Waals surface area (Å²) in [5.74, 6) is -0.488. The summed E-state index contributed by atoms with van der Waals surface area (Å²) in [5.41, 5.74) is 4.83. The molecule has 192 valence electrons. The summed E-state index contributed by atoms with van der Waals surface area (Å²) in [4.78, 5) is 42.5. The molecule has 2 N–H and O–H groups in total. The molecule has 2 aromatic carbocycles. The second-order valence-electron chi connectivity index (χ2n) is 9.16. The number of carbonyl (C=O) groups excluding carboxylic acids is 3. The zero-order valence-corrected chi connectivity index (χ0v) is 21.1. The number of aromatic nitrogens is 1. The van der Waals surface area contributed by atoms with Gasteiger partial charge in [-0.25, -0.2) is 9.78 Å². The second-order valence-corrected chi connectivity index (χ2v) is 9.16. The molecule has 2 heterocycles. The summed E-state index contributed by atoms with van der Waals surface area (Å²) in [6.07, 6.45) is 4.88. The number of esters is 1. The van der Waals surface area contributed by atoms with Gasteiger partial charge in [-0.05, 0) is 85.9 Å². The minimum absolute atomic E-state index is 0.184. The molecule has 0 fully saturated rings. The largest absolute Gasteiger partial charge is 0.465 e. The third-order valence-electron chi connectivity index (χ3n) is 6.36. The van der Waals surface area contributed by atoms with E-state index in [4.69, 9.17) is 14.1 Å². The molecule has 1 aliphatic carbocycles. The fourth-order valence-electron chi connectivity index (χ4n) is 4.61. The van der Waals surface area contributed by atoms with Crippen LogP contribution in [0, 0.1) is 0 Å². The summed E-state index contributed by atoms with van der Waals surface area (Å²) in [6.45, 7) is 2.96. The number of rotatable bonds is 6. The van der Waals surface area contributed by atoms with Gasteiger partial charge in [-0.2, -0.15) is 0 Å². The molecule has 1 unspecified atom stereocenters. The van der Waals surface area contributed by atoms with Crippen LogP contribution in [0.5, 0.6) is 0 Å². The highest BCUT2D eigenvalue weighted by atomic mass is 16.5. The van der Waals surface area contributed by atoms with Crippen LogP contribution in [-0.2, 0) is 20.7 Å². The van der Waals surface area contributed by atoms with Gasteiger partial charge in [-0.3, -0.25) is 9.59 Å². The van der Waals surface area contributed by atoms with Crippen molar-refractivity contribution in [3.05, 3.63) is 89.5 Å². The summed E-state index contributed by atoms with van der Waals surface area (Å²) < 4.78 is 11.2. The molecule has 1 atom stereocenters. The standard InChI is InChI=1S/C30H27N3O5/c1-18(29(35)32-22-14-12-21(13-15-22)31-19(2)34)38-30(36)27-24-9-3-4-11-26(24)33-28-20(7-5-10-25(27)28)17-23-8-6-16-37-23/h3-4,6,8-9,11-18H,5,7,10H2,1-2H3,(H,31,34)(H,32,35)/b20-17-. The first-order valence-electron chi connectivity index (χ1n) is 12.4. The van der Waals surface area contributed by atoms with Gasteiger partial charge in [0.15, 0.2) is 6.10 Å². The van der Waals surface area contributed by atoms with E-state index >= 15 is 0 Å². The lowest BCUT2D eigenvalue weighted by atomic mass is 9.86. The second kappa shape index (κ2) is 10.7. The Labute approximate surface area is 219 Å². The van der Waals surface area contributed by atoms with E-state index in [1.807, 2.05) is 42.5 Å². The predicted octanol–water partition coefficient (Wildman–Crippen LogP) is 5.85. The van der Waals surface area contributed by atoms with E-state index in [1.54, 1.807) is 30.5 Å². The molecular formula is C30H27N3O5. The number of ether oxygens (including phenoxy) is 1. The molecule has 0 radical (unpaired) electrons. The van der Waals surface area contributed by atoms with Gasteiger partial charge in [-0.15, -0.1) is 0 Å². The maximum atomic E-state index is 13.6. The Hall–Kier alpha value is -4.72. The fourth-order valence-corrected chi connectivity index (χ4v) is 4.61. The van der Waals surface area contributed by atoms with Crippen LogP contribution in [0.3, 0.4) is 0 Å². The van der Waals surface area contributed by atoms with Crippen molar-refractivity contribution >= 4 is 51.7 Å². The Morgan fingerprint density at radius 2 is 1.71 bits per heavy atom. The van der Waals surface area contributed by atoms with Gasteiger partial charge in [0.05, 0.1) is 23.0 Å². The highest BCUT2D eigenvalue weighted by Gasteiger charge is 2.28. The lowest BCUT2D eigenvalue weighted by molar-refractivity contribution is -0.123. The van der Waals surface area contributed by atoms with Gasteiger partial charge in [0.1, 0.15) is 5.76 Å². The highest BCUT2D eigenvalue weighted by Crippen LogP contribution is 2.36. The molecule has 0 aliphatic heterocycles. The number of fused-ring (bicyclic) bond motifs is 2. The van der Waals surface area contributed by atoms with E-state index in [-0.39, 0.29) is 5.91 Å². The van der Waals surface area contributed by atoms with Gasteiger partial charge in [-0.1, -0.05) is 18.2 Å². The van der Waals surface area contributed by atoms with Crippen LogP contribution in [0.4, 0.5) is 11.4 Å². The molecule has 0 saturated carbocycles. The molecule has 2 amide bonds. The van der Waals surface area contributed by atoms with Gasteiger partial charge < -0.3 is 19.8 Å². The molecule has 8 heteroatoms. The van der Waals surface area contributed by atoms with Crippen molar-refractivity contribution in [1.82, 2.24) is 4.98 Å². The molecule has 8 nitrogen and oxygen atoms in total. The molecular weight excluding hydrogens is 482 g/mol. The first-order valence-corrected chi connectivity index (χ1v) is 12.4. The number of hydrogen-bond donors (Lipinski definition) is 2. The quantitative estimate of drug-likeness (QED) is 0.316. The summed E-state index contributed by atoms with van der Waals surface area (Å²) in [5, 5.41) is 6.11. The number of amides is 2. The van der Waals surface area contributed by atoms with E-state index in [2.05, 4.69) is 10.6 Å². The maximum absolute atomic E-state index is 13.6. The molecule has 5 rings (SSSR count). The summed E-state index contributed by atoms with van der Waals surface area (Å²) in [7, 11) is 0. The van der Waals surface area contributed by atoms with Gasteiger partial charge in [0.2, 0.25) is 5.91 Å². The number of nitrogens with one attached hydrogen (secondary N) is 2. The molecule has 2 aromatic heterocycles. The van der Waals surface area contributed by atoms with Crippen LogP contribution in [0.15, 0.2) is 71.3 Å². The first-order chi connectivity index (χ1) is 18.4. The van der Waals surface area contributed by atoms with Crippen LogP contribution < -0.4 is 10.6 Å². The van der Waals surface area contributed by atoms with E-state index in [1.165, 1.54) is 13.8 Å². The topological polar surface area (TPSA) is 111 Å². The zero-order chi connectivity index (χ0) is 26.6. The lowest BCUT2D eigenvalue weighted by Crippen LogP contribution is -2.30. The Bertz CT molecular complexity index is 1540. The van der Waals surface area contributed by atoms with Crippen molar-refractivity contribution in [3.63, 3.8) is 0 Å². The summed E-state index contributed by atoms with van der Waals surface area (Å²) in [6, 6.07) is 17.8. The van der Waals surface area contributed by atoms with Gasteiger partial charge in [0, 0.05) is 23.7 Å². The molecule has 1 aliphatic rings. The Balaban J connectivity index is 1.40. The van der Waals surface area contributed by atoms with Crippen LogP contribution in [0.2, 0.25) is 0 Å². The number of pyridine rings is 1. The van der Waals surface area contributed by atoms with Crippen molar-refractivity contribution in [2.75, 3.05) is 10.6 Å². The molecule has 4 aromatic rings. The SMILES string of the molecule is CC(=O)Nc1ccc(NC(=O)C(C)OC(=O)c2c3c(nc4ccccc24)/C(=C\c2ccco2)CCC3)cc1. The van der Waals surface area contributed by atoms with Gasteiger partial charge >= 0.3 is 5.97 Å². The van der Waals surface area contributed by atoms with Crippen LogP contribution >= 0.6 is 0 Å². The minimum atomic E-state index is -1.04. The predicted molar refractivity (Wildman–Crippen MR) is 146 cm³/mol. The molecule has 0 bridgehead atoms. The van der Waals surface area contributed by atoms with Gasteiger partial charge in [0.25, 0.3) is 5.91 Å². The smallest absolute Gasteiger partial charge is 0.339 e. The minimum Gasteiger partial charge on any atom is -0.465 e. The van der Waals surface area contributed by atoms with Crippen LogP contribution in [0.25, 0.3) is 22.6 Å². The molecule has 38 heavy (non-hydrogen) atoms. The van der Waals surface area contributed by atoms with E-state index in [0.29, 0.717) is 34.3 Å². The van der Waals surface area contributed by atoms with Crippen LogP contribution in [0.1, 0.15) is 54.1 Å². The van der Waals surface area contributed by atoms with E-state index in [9.17, 15) is 14.4 Å². The number of allylic oxidation sites excluding steroid dienone is 1. The fraction of sp³-hybridized carbons (Fsp3) is 0.200. The number of furan rings is 1. The maximum Gasteiger partial charge on any atom is 0.339 e. The Kier molecular flexibility index (Phi) is 7.04. The van der Waals surface area contributed by atoms with Crippen molar-refractivity contribution in [2.24, 2.45) is 0 Å². The number of benzene rings is 2. The molecule has 0 saturated heterocycles. The monoisotopic (exact) mass is 509 g/mol. The average Bonchev–Trinajstić information content (AvgIpc) is 3.41. The van der Waals surface area contributed by atoms with Crippen molar-refractivity contribution < 1.29 is 23.5 Å². The zero-order valence-electron chi connectivity index (χ0n) is 21.1. The van der Waals surface area contributed by atoms with Crippen molar-refractivity contribution in [3.8, 4) is 0 Å². The average molecular weight is 510 g/mol. The van der Waals surface area contributed by atoms with Crippen LogP contribution in [-0.4, -0.2) is 28.9 Å². The third-order valence-corrected chi connectivity index (χ3v) is 6.36. The lowest BCUT2D eigenvalue weighted by Gasteiger charge is -2.23. The van der Waals surface area contributed by atoms with E-state index in [0.717, 1.165) is 35.4 Å². The number of hydrogen-bond acceptors (Lipinski definition) is 6. The molecule has 0 spiro atoms. The Morgan fingerprint density at radius 1 is 0.974 bits per heavy atom. The highest BCUT2D eigenvalue weighted by molar-refractivity contribution is 6.07. The van der Waals surface area contributed by atoms with Crippen molar-refractivity contribution in [1.29, 1.82) is 0 Å². The number of anilines is 2. The normalized spacial score (nSPS) is 14.5. The first kappa shape index (κ1) is 25.0. The van der Waals surface area contributed by atoms with Crippen molar-refractivity contribution in [2.45, 2.75) is 39.2 Å². The number of nitrogens with zero attached hydrogens (tertiary/aromatic N) is 1. The summed E-state index contributed by atoms with van der Waals surface area (Å²) >= 11 is 0. The van der Waals surface area contributed by atoms with E-state index < -0.39 is 18.0 Å². The third kappa shape index (κ3) is 5.34. The number of para-hydroxylation sites is 1. The number of carbonyl (C=O) groups is 3. The Morgan fingerprint density at radius 3 is 2.42 bits per heavy atom.